The van der Waals surface area contributed by atoms with Crippen molar-refractivity contribution in [1.82, 2.24) is 5.16 Å². The number of thioether (sulfide) groups is 1. The number of nitrogens with zero attached hydrogens (tertiary/aromatic N) is 1. The van der Waals surface area contributed by atoms with Gasteiger partial charge in [0.2, 0.25) is 0 Å². The summed E-state index contributed by atoms with van der Waals surface area (Å²) in [7, 11) is 0. The number of hydrogen-bond acceptors (Lipinski definition) is 5. The molecule has 0 radical (unpaired) electrons. The van der Waals surface area contributed by atoms with E-state index in [1.165, 1.54) is 0 Å². The molecule has 34 heavy (non-hydrogen) atoms. The van der Waals surface area contributed by atoms with Crippen LogP contribution in [0.15, 0.2) is 88.3 Å². The quantitative estimate of drug-likeness (QED) is 0.181. The van der Waals surface area contributed by atoms with E-state index in [1.54, 1.807) is 17.8 Å². The number of para-hydroxylation sites is 1. The van der Waals surface area contributed by atoms with Gasteiger partial charge in [-0.05, 0) is 60.5 Å². The summed E-state index contributed by atoms with van der Waals surface area (Å²) in [6.45, 7) is 2.82. The van der Waals surface area contributed by atoms with Crippen LogP contribution in [0.3, 0.4) is 0 Å². The Morgan fingerprint density at radius 2 is 1.88 bits per heavy atom. The molecule has 0 atom stereocenters. The molecular formula is C27H25ClN2O3S. The maximum absolute atomic E-state index is 12.9. The van der Waals surface area contributed by atoms with E-state index in [2.05, 4.69) is 17.4 Å². The van der Waals surface area contributed by atoms with Gasteiger partial charge in [-0.15, -0.1) is 11.8 Å². The lowest BCUT2D eigenvalue weighted by Gasteiger charge is -2.10. The Kier molecular flexibility index (Phi) is 8.28. The predicted molar refractivity (Wildman–Crippen MR) is 138 cm³/mol. The van der Waals surface area contributed by atoms with Crippen LogP contribution in [0.5, 0.6) is 5.75 Å². The van der Waals surface area contributed by atoms with Gasteiger partial charge >= 0.3 is 0 Å². The number of aromatic nitrogens is 1. The van der Waals surface area contributed by atoms with Crippen molar-refractivity contribution in [2.45, 2.75) is 30.4 Å². The SMILES string of the molecule is CCCCOc1ccc(-c2cc(C(=O)Nc3ccccc3SCc3cccc(Cl)c3)no2)cc1. The number of ether oxygens (including phenoxy) is 1. The number of carbonyl (C=O) groups is 1. The third kappa shape index (κ3) is 6.43. The second-order valence-electron chi connectivity index (χ2n) is 7.67. The van der Waals surface area contributed by atoms with Crippen molar-refractivity contribution < 1.29 is 14.1 Å². The van der Waals surface area contributed by atoms with Crippen molar-refractivity contribution in [2.75, 3.05) is 11.9 Å². The highest BCUT2D eigenvalue weighted by molar-refractivity contribution is 7.98. The fourth-order valence-corrected chi connectivity index (χ4v) is 4.40. The van der Waals surface area contributed by atoms with E-state index in [-0.39, 0.29) is 11.6 Å². The summed E-state index contributed by atoms with van der Waals surface area (Å²) >= 11 is 7.71. The van der Waals surface area contributed by atoms with Crippen molar-refractivity contribution >= 4 is 35.0 Å². The third-order valence-electron chi connectivity index (χ3n) is 5.07. The molecular weight excluding hydrogens is 468 g/mol. The summed E-state index contributed by atoms with van der Waals surface area (Å²) < 4.78 is 11.1. The van der Waals surface area contributed by atoms with E-state index < -0.39 is 0 Å². The molecule has 1 aromatic heterocycles. The minimum absolute atomic E-state index is 0.216. The first-order valence-electron chi connectivity index (χ1n) is 11.1. The molecule has 4 aromatic rings. The van der Waals surface area contributed by atoms with Crippen LogP contribution in [0.25, 0.3) is 11.3 Å². The number of rotatable bonds is 10. The van der Waals surface area contributed by atoms with E-state index >= 15 is 0 Å². The maximum Gasteiger partial charge on any atom is 0.277 e. The Morgan fingerprint density at radius 1 is 1.06 bits per heavy atom. The van der Waals surface area contributed by atoms with Gasteiger partial charge in [-0.2, -0.15) is 0 Å². The molecule has 0 saturated carbocycles. The first-order chi connectivity index (χ1) is 16.6. The van der Waals surface area contributed by atoms with Crippen LogP contribution < -0.4 is 10.1 Å². The van der Waals surface area contributed by atoms with Crippen LogP contribution >= 0.6 is 23.4 Å². The van der Waals surface area contributed by atoms with E-state index in [9.17, 15) is 4.79 Å². The maximum atomic E-state index is 12.9. The average molecular weight is 493 g/mol. The zero-order chi connectivity index (χ0) is 23.8. The molecule has 1 heterocycles. The minimum Gasteiger partial charge on any atom is -0.494 e. The molecule has 1 amide bonds. The summed E-state index contributed by atoms with van der Waals surface area (Å²) in [6.07, 6.45) is 2.11. The summed E-state index contributed by atoms with van der Waals surface area (Å²) in [6, 6.07) is 24.6. The molecule has 0 unspecified atom stereocenters. The Labute approximate surface area is 208 Å². The van der Waals surface area contributed by atoms with Gasteiger partial charge in [0, 0.05) is 27.3 Å². The lowest BCUT2D eigenvalue weighted by atomic mass is 10.1. The van der Waals surface area contributed by atoms with Gasteiger partial charge in [0.15, 0.2) is 11.5 Å². The molecule has 0 aliphatic rings. The Balaban J connectivity index is 1.40. The summed E-state index contributed by atoms with van der Waals surface area (Å²) in [5.74, 6) is 1.74. The Bertz CT molecular complexity index is 1240. The van der Waals surface area contributed by atoms with Gasteiger partial charge in [0.25, 0.3) is 5.91 Å². The minimum atomic E-state index is -0.328. The molecule has 5 nitrogen and oxygen atoms in total. The summed E-state index contributed by atoms with van der Waals surface area (Å²) in [5, 5.41) is 7.62. The molecule has 0 aliphatic carbocycles. The zero-order valence-corrected chi connectivity index (χ0v) is 20.4. The number of halogens is 1. The van der Waals surface area contributed by atoms with Crippen molar-refractivity contribution in [3.8, 4) is 17.1 Å². The number of benzene rings is 3. The molecule has 4 rings (SSSR count). The normalized spacial score (nSPS) is 10.8. The monoisotopic (exact) mass is 492 g/mol. The standard InChI is InChI=1S/C27H25ClN2O3S/c1-2-3-15-32-22-13-11-20(12-14-22)25-17-24(30-33-25)27(31)29-23-9-4-5-10-26(23)34-18-19-7-6-8-21(28)16-19/h4-14,16-17H,2-3,15,18H2,1H3,(H,29,31). The van der Waals surface area contributed by atoms with Crippen LogP contribution in [0.4, 0.5) is 5.69 Å². The molecule has 7 heteroatoms. The number of hydrogen-bond donors (Lipinski definition) is 1. The van der Waals surface area contributed by atoms with Crippen molar-refractivity contribution in [3.05, 3.63) is 95.1 Å². The number of nitrogens with one attached hydrogen (secondary N) is 1. The molecule has 1 N–H and O–H groups in total. The largest absolute Gasteiger partial charge is 0.494 e. The number of anilines is 1. The number of carbonyl (C=O) groups excluding carboxylic acids is 1. The number of amides is 1. The van der Waals surface area contributed by atoms with Gasteiger partial charge in [-0.1, -0.05) is 54.4 Å². The fourth-order valence-electron chi connectivity index (χ4n) is 3.24. The summed E-state index contributed by atoms with van der Waals surface area (Å²) in [5.41, 5.74) is 2.87. The van der Waals surface area contributed by atoms with Gasteiger partial charge in [0.05, 0.1) is 12.3 Å². The fraction of sp³-hybridized carbons (Fsp3) is 0.185. The zero-order valence-electron chi connectivity index (χ0n) is 18.8. The molecule has 0 aliphatic heterocycles. The topological polar surface area (TPSA) is 64.4 Å². The van der Waals surface area contributed by atoms with E-state index in [0.29, 0.717) is 17.4 Å². The molecule has 3 aromatic carbocycles. The third-order valence-corrected chi connectivity index (χ3v) is 6.45. The Hall–Kier alpha value is -3.22. The Morgan fingerprint density at radius 3 is 2.68 bits per heavy atom. The smallest absolute Gasteiger partial charge is 0.277 e. The van der Waals surface area contributed by atoms with E-state index in [4.69, 9.17) is 20.9 Å². The van der Waals surface area contributed by atoms with Gasteiger partial charge < -0.3 is 14.6 Å². The average Bonchev–Trinajstić information content (AvgIpc) is 3.35. The van der Waals surface area contributed by atoms with Crippen LogP contribution in [0.1, 0.15) is 35.8 Å². The number of unbranched alkanes of at least 4 members (excludes halogenated alkanes) is 1. The molecule has 0 fully saturated rings. The highest BCUT2D eigenvalue weighted by atomic mass is 35.5. The van der Waals surface area contributed by atoms with Crippen molar-refractivity contribution in [2.24, 2.45) is 0 Å². The molecule has 0 spiro atoms. The van der Waals surface area contributed by atoms with E-state index in [1.807, 2.05) is 72.8 Å². The second kappa shape index (κ2) is 11.8. The molecule has 174 valence electrons. The van der Waals surface area contributed by atoms with Gasteiger partial charge in [0.1, 0.15) is 5.75 Å². The lowest BCUT2D eigenvalue weighted by Crippen LogP contribution is -2.12. The first kappa shape index (κ1) is 23.9. The van der Waals surface area contributed by atoms with Crippen LogP contribution in [0, 0.1) is 0 Å². The lowest BCUT2D eigenvalue weighted by molar-refractivity contribution is 0.101. The highest BCUT2D eigenvalue weighted by Crippen LogP contribution is 2.31. The van der Waals surface area contributed by atoms with Gasteiger partial charge in [-0.3, -0.25) is 4.79 Å². The second-order valence-corrected chi connectivity index (χ2v) is 9.13. The first-order valence-corrected chi connectivity index (χ1v) is 12.5. The molecule has 0 bridgehead atoms. The van der Waals surface area contributed by atoms with Crippen LogP contribution in [-0.2, 0) is 5.75 Å². The van der Waals surface area contributed by atoms with Crippen LogP contribution in [-0.4, -0.2) is 17.7 Å². The summed E-state index contributed by atoms with van der Waals surface area (Å²) in [4.78, 5) is 13.8. The van der Waals surface area contributed by atoms with Crippen LogP contribution in [0.2, 0.25) is 5.02 Å². The van der Waals surface area contributed by atoms with Gasteiger partial charge in [-0.25, -0.2) is 0 Å². The highest BCUT2D eigenvalue weighted by Gasteiger charge is 2.16. The van der Waals surface area contributed by atoms with Crippen molar-refractivity contribution in [3.63, 3.8) is 0 Å². The van der Waals surface area contributed by atoms with Crippen molar-refractivity contribution in [1.29, 1.82) is 0 Å². The van der Waals surface area contributed by atoms with E-state index in [0.717, 1.165) is 46.1 Å². The molecule has 0 saturated heterocycles. The predicted octanol–water partition coefficient (Wildman–Crippen LogP) is 7.72.